The van der Waals surface area contributed by atoms with Gasteiger partial charge in [-0.15, -0.1) is 0 Å². The van der Waals surface area contributed by atoms with Crippen LogP contribution in [0.3, 0.4) is 0 Å². The minimum absolute atomic E-state index is 0.306. The summed E-state index contributed by atoms with van der Waals surface area (Å²) in [4.78, 5) is 0. The predicted octanol–water partition coefficient (Wildman–Crippen LogP) is 3.47. The van der Waals surface area contributed by atoms with Crippen LogP contribution in [0.5, 0.6) is 0 Å². The second-order valence-corrected chi connectivity index (χ2v) is 8.63. The van der Waals surface area contributed by atoms with E-state index in [0.29, 0.717) is 0 Å². The average Bonchev–Trinajstić information content (AvgIpc) is 2.75. The quantitative estimate of drug-likeness (QED) is 0.269. The molecule has 0 atom stereocenters. The molecular formula is C21H19AuClO2P. The molecule has 138 valence electrons. The van der Waals surface area contributed by atoms with Crippen LogP contribution in [0.1, 0.15) is 0 Å². The van der Waals surface area contributed by atoms with Crippen molar-refractivity contribution in [2.45, 2.75) is 0 Å². The van der Waals surface area contributed by atoms with Gasteiger partial charge in [-0.2, -0.15) is 0 Å². The average molecular weight is 567 g/mol. The molecule has 0 unspecified atom stereocenters. The molecule has 3 aromatic carbocycles. The Balaban J connectivity index is 0.00000117. The standard InChI is InChI=1S/C21H19O2P.Au.ClH/c1-23-21(22)17-24(18-11-5-2-6-12-18,19-13-7-3-8-14-19)20-15-9-4-10-16-20;;/h2-17H,1H3;;1H/q;+1;/p-1/b21-17+;;. The van der Waals surface area contributed by atoms with Crippen molar-refractivity contribution in [1.29, 1.82) is 0 Å². The first-order valence-corrected chi connectivity index (χ1v) is 12.4. The van der Waals surface area contributed by atoms with Crippen LogP contribution in [0.15, 0.2) is 103 Å². The van der Waals surface area contributed by atoms with Crippen molar-refractivity contribution < 1.29 is 29.8 Å². The summed E-state index contributed by atoms with van der Waals surface area (Å²) in [5.74, 6) is 1.47. The Hall–Kier alpha value is -1.54. The molecule has 0 heterocycles. The number of ether oxygens (including phenoxy) is 1. The third kappa shape index (κ3) is 4.59. The number of benzene rings is 3. The zero-order valence-electron chi connectivity index (χ0n) is 14.2. The fourth-order valence-corrected chi connectivity index (χ4v) is 6.56. The number of hydrogen-bond acceptors (Lipinski definition) is 2. The first-order valence-electron chi connectivity index (χ1n) is 7.88. The van der Waals surface area contributed by atoms with Crippen molar-refractivity contribution in [3.05, 3.63) is 103 Å². The second-order valence-electron chi connectivity index (χ2n) is 5.38. The summed E-state index contributed by atoms with van der Waals surface area (Å²) in [6.07, 6.45) is 0. The van der Waals surface area contributed by atoms with E-state index in [2.05, 4.69) is 45.6 Å². The Morgan fingerprint density at radius 2 is 1.08 bits per heavy atom. The van der Waals surface area contributed by atoms with E-state index in [1.165, 1.54) is 7.11 Å². The SMILES string of the molecule is CO/C([O-])=C/[P+](c1ccccc1)(c1ccccc1)c1ccccc1.[Cl][Au]. The van der Waals surface area contributed by atoms with Gasteiger partial charge in [-0.1, -0.05) is 54.6 Å². The van der Waals surface area contributed by atoms with Gasteiger partial charge >= 0.3 is 29.2 Å². The van der Waals surface area contributed by atoms with E-state index in [9.17, 15) is 5.11 Å². The molecule has 0 saturated heterocycles. The van der Waals surface area contributed by atoms with Gasteiger partial charge in [0.1, 0.15) is 23.2 Å². The molecule has 0 aromatic heterocycles. The molecule has 0 aliphatic carbocycles. The molecule has 0 aliphatic rings. The molecule has 26 heavy (non-hydrogen) atoms. The Morgan fingerprint density at radius 1 is 0.769 bits per heavy atom. The van der Waals surface area contributed by atoms with Crippen molar-refractivity contribution in [1.82, 2.24) is 0 Å². The third-order valence-electron chi connectivity index (χ3n) is 3.99. The van der Waals surface area contributed by atoms with E-state index >= 15 is 0 Å². The van der Waals surface area contributed by atoms with Crippen LogP contribution in [0.25, 0.3) is 0 Å². The van der Waals surface area contributed by atoms with Gasteiger partial charge in [0.25, 0.3) is 0 Å². The Labute approximate surface area is 171 Å². The molecule has 0 N–H and O–H groups in total. The van der Waals surface area contributed by atoms with Gasteiger partial charge in [-0.25, -0.2) is 0 Å². The van der Waals surface area contributed by atoms with E-state index in [0.717, 1.165) is 15.9 Å². The summed E-state index contributed by atoms with van der Waals surface area (Å²) in [5, 5.41) is 15.7. The second kappa shape index (κ2) is 10.6. The van der Waals surface area contributed by atoms with Crippen LogP contribution in [0, 0.1) is 0 Å². The van der Waals surface area contributed by atoms with Crippen LogP contribution >= 0.6 is 16.5 Å². The van der Waals surface area contributed by atoms with Crippen molar-refractivity contribution in [3.63, 3.8) is 0 Å². The first kappa shape index (κ1) is 20.8. The monoisotopic (exact) mass is 566 g/mol. The Kier molecular flexibility index (Phi) is 8.44. The molecule has 0 spiro atoms. The molecule has 0 radical (unpaired) electrons. The third-order valence-corrected chi connectivity index (χ3v) is 7.93. The molecule has 3 rings (SSSR count). The fraction of sp³-hybridized carbons (Fsp3) is 0.0476. The van der Waals surface area contributed by atoms with E-state index in [-0.39, 0.29) is 5.95 Å². The number of hydrogen-bond donors (Lipinski definition) is 0. The maximum absolute atomic E-state index is 12.3. The molecule has 0 fully saturated rings. The first-order chi connectivity index (χ1) is 12.8. The summed E-state index contributed by atoms with van der Waals surface area (Å²) in [7, 11) is 3.78. The fourth-order valence-electron chi connectivity index (χ4n) is 2.87. The summed E-state index contributed by atoms with van der Waals surface area (Å²) < 4.78 is 5.00. The van der Waals surface area contributed by atoms with Crippen LogP contribution in [0.4, 0.5) is 0 Å². The van der Waals surface area contributed by atoms with E-state index in [1.807, 2.05) is 54.6 Å². The van der Waals surface area contributed by atoms with Gasteiger partial charge in [0.05, 0.1) is 11.8 Å². The van der Waals surface area contributed by atoms with Crippen molar-refractivity contribution in [3.8, 4) is 0 Å². The normalized spacial score (nSPS) is 11.3. The van der Waals surface area contributed by atoms with E-state index in [1.54, 1.807) is 25.8 Å². The Morgan fingerprint density at radius 3 is 1.35 bits per heavy atom. The topological polar surface area (TPSA) is 32.3 Å². The number of halogens is 1. The van der Waals surface area contributed by atoms with E-state index in [4.69, 9.17) is 4.74 Å². The number of rotatable bonds is 5. The molecule has 0 aliphatic heterocycles. The van der Waals surface area contributed by atoms with Crippen LogP contribution in [-0.4, -0.2) is 7.11 Å². The minimum atomic E-state index is -2.23. The molecule has 2 nitrogen and oxygen atoms in total. The van der Waals surface area contributed by atoms with Crippen molar-refractivity contribution >= 4 is 32.4 Å². The van der Waals surface area contributed by atoms with Gasteiger partial charge in [0.15, 0.2) is 0 Å². The van der Waals surface area contributed by atoms with Crippen molar-refractivity contribution in [2.75, 3.05) is 7.11 Å². The molecule has 0 amide bonds. The van der Waals surface area contributed by atoms with Gasteiger partial charge < -0.3 is 9.84 Å². The zero-order valence-corrected chi connectivity index (χ0v) is 18.0. The van der Waals surface area contributed by atoms with Gasteiger partial charge in [-0.05, 0) is 43.5 Å². The van der Waals surface area contributed by atoms with Crippen LogP contribution in [-0.2, 0) is 24.7 Å². The van der Waals surface area contributed by atoms with Crippen LogP contribution in [0.2, 0.25) is 0 Å². The molecule has 5 heteroatoms. The predicted molar refractivity (Wildman–Crippen MR) is 106 cm³/mol. The summed E-state index contributed by atoms with van der Waals surface area (Å²) in [6, 6.07) is 30.6. The van der Waals surface area contributed by atoms with E-state index < -0.39 is 7.26 Å². The zero-order chi connectivity index (χ0) is 18.8. The van der Waals surface area contributed by atoms with Crippen LogP contribution < -0.4 is 21.0 Å². The Bertz CT molecular complexity index is 715. The van der Waals surface area contributed by atoms with Gasteiger partial charge in [0.2, 0.25) is 0 Å². The summed E-state index contributed by atoms with van der Waals surface area (Å²) >= 11 is 1.75. The van der Waals surface area contributed by atoms with Gasteiger partial charge in [0, 0.05) is 0 Å². The summed E-state index contributed by atoms with van der Waals surface area (Å²) in [6.45, 7) is 0. The number of methoxy groups -OCH3 is 1. The maximum atomic E-state index is 12.3. The summed E-state index contributed by atoms with van der Waals surface area (Å²) in [5.41, 5.74) is 0. The molecule has 0 bridgehead atoms. The molecule has 0 saturated carbocycles. The molecular weight excluding hydrogens is 548 g/mol. The van der Waals surface area contributed by atoms with Crippen molar-refractivity contribution in [2.24, 2.45) is 0 Å². The molecule has 3 aromatic rings. The van der Waals surface area contributed by atoms with Gasteiger partial charge in [-0.3, -0.25) is 0 Å².